The Balaban J connectivity index is 0.00000124. The van der Waals surface area contributed by atoms with E-state index in [-0.39, 0.29) is 59.7 Å². The highest BCUT2D eigenvalue weighted by Crippen LogP contribution is 2.29. The van der Waals surface area contributed by atoms with Crippen LogP contribution in [-0.2, 0) is 28.7 Å². The van der Waals surface area contributed by atoms with Crippen molar-refractivity contribution < 1.29 is 28.7 Å². The summed E-state index contributed by atoms with van der Waals surface area (Å²) < 4.78 is 5.47. The zero-order valence-corrected chi connectivity index (χ0v) is 24.7. The van der Waals surface area contributed by atoms with Crippen LogP contribution in [0.25, 0.3) is 0 Å². The molecule has 0 aliphatic carbocycles. The van der Waals surface area contributed by atoms with Gasteiger partial charge in [0.1, 0.15) is 17.9 Å². The number of amides is 2. The molecule has 2 fully saturated rings. The maximum Gasteiger partial charge on any atom is 0.329 e. The number of carbonyl (C=O) groups excluding carboxylic acids is 5. The third-order valence-corrected chi connectivity index (χ3v) is 8.17. The molecule has 8 nitrogen and oxygen atoms in total. The second-order valence-corrected chi connectivity index (χ2v) is 12.3. The fourth-order valence-electron chi connectivity index (χ4n) is 4.13. The normalized spacial score (nSPS) is 30.1. The molecule has 0 spiro atoms. The van der Waals surface area contributed by atoms with E-state index in [4.69, 9.17) is 4.74 Å². The van der Waals surface area contributed by atoms with Gasteiger partial charge in [-0.2, -0.15) is 24.4 Å². The molecule has 6 atom stereocenters. The van der Waals surface area contributed by atoms with Crippen molar-refractivity contribution in [2.75, 3.05) is 11.5 Å². The first-order valence-electron chi connectivity index (χ1n) is 13.0. The summed E-state index contributed by atoms with van der Waals surface area (Å²) in [6.07, 6.45) is 2.18. The lowest BCUT2D eigenvalue weighted by atomic mass is 9.88. The molecule has 2 aliphatic heterocycles. The molecule has 2 bridgehead atoms. The minimum atomic E-state index is -0.873. The van der Waals surface area contributed by atoms with Crippen LogP contribution in [0.4, 0.5) is 0 Å². The quantitative estimate of drug-likeness (QED) is 0.276. The van der Waals surface area contributed by atoms with E-state index in [1.165, 1.54) is 11.8 Å². The number of ether oxygens (including phenoxy) is 1. The summed E-state index contributed by atoms with van der Waals surface area (Å²) in [5.41, 5.74) is 0. The van der Waals surface area contributed by atoms with Crippen molar-refractivity contribution in [3.05, 3.63) is 12.7 Å². The highest BCUT2D eigenvalue weighted by Gasteiger charge is 2.39. The number of cyclic esters (lactones) is 1. The predicted octanol–water partition coefficient (Wildman–Crippen LogP) is 3.38. The Morgan fingerprint density at radius 2 is 1.65 bits per heavy atom. The average Bonchev–Trinajstić information content (AvgIpc) is 2.94. The number of carbonyl (C=O) groups is 5. The molecule has 0 aromatic carbocycles. The maximum absolute atomic E-state index is 13.0. The molecule has 0 aromatic heterocycles. The third-order valence-electron chi connectivity index (χ3n) is 6.53. The fourth-order valence-corrected chi connectivity index (χ4v) is 5.53. The van der Waals surface area contributed by atoms with E-state index in [1.54, 1.807) is 20.8 Å². The number of allylic oxidation sites excluding steroid dienone is 1. The third kappa shape index (κ3) is 10.8. The fraction of sp³-hybridized carbons (Fsp3) is 0.741. The topological polar surface area (TPSA) is 119 Å². The first-order chi connectivity index (χ1) is 17.3. The van der Waals surface area contributed by atoms with Crippen molar-refractivity contribution in [1.82, 2.24) is 10.6 Å². The van der Waals surface area contributed by atoms with Crippen LogP contribution in [0.15, 0.2) is 12.7 Å². The van der Waals surface area contributed by atoms with Crippen LogP contribution in [0.5, 0.6) is 0 Å². The molecule has 2 N–H and O–H groups in total. The van der Waals surface area contributed by atoms with Crippen molar-refractivity contribution >= 4 is 53.7 Å². The van der Waals surface area contributed by atoms with Gasteiger partial charge >= 0.3 is 5.97 Å². The Morgan fingerprint density at radius 3 is 2.16 bits per heavy atom. The van der Waals surface area contributed by atoms with Gasteiger partial charge in [0.25, 0.3) is 0 Å². The minimum Gasteiger partial charge on any atom is -0.461 e. The van der Waals surface area contributed by atoms with Crippen LogP contribution in [0.3, 0.4) is 0 Å². The van der Waals surface area contributed by atoms with E-state index in [1.807, 2.05) is 26.8 Å². The van der Waals surface area contributed by atoms with Gasteiger partial charge in [-0.1, -0.05) is 40.7 Å². The van der Waals surface area contributed by atoms with Crippen LogP contribution in [-0.4, -0.2) is 64.3 Å². The van der Waals surface area contributed by atoms with Gasteiger partial charge in [-0.25, -0.2) is 4.79 Å². The van der Waals surface area contributed by atoms with Gasteiger partial charge in [-0.05, 0) is 30.9 Å². The number of hydrogen-bond donors (Lipinski definition) is 3. The number of ketones is 2. The number of rotatable bonds is 4. The first-order valence-corrected chi connectivity index (χ1v) is 14.7. The lowest BCUT2D eigenvalue weighted by Crippen LogP contribution is -2.50. The van der Waals surface area contributed by atoms with Gasteiger partial charge in [0.15, 0.2) is 5.78 Å². The molecule has 0 radical (unpaired) electrons. The van der Waals surface area contributed by atoms with Crippen LogP contribution in [0.1, 0.15) is 67.2 Å². The molecule has 0 aromatic rings. The number of hydrogen-bond acceptors (Lipinski definition) is 8. The predicted molar refractivity (Wildman–Crippen MR) is 151 cm³/mol. The molecule has 2 saturated heterocycles. The number of thiol groups is 1. The summed E-state index contributed by atoms with van der Waals surface area (Å²) in [6.45, 7) is 14.3. The van der Waals surface area contributed by atoms with E-state index < -0.39 is 36.0 Å². The van der Waals surface area contributed by atoms with Crippen molar-refractivity contribution in [1.29, 1.82) is 0 Å². The molecule has 0 saturated carbocycles. The molecular formula is C27H44N2O6S2. The Hall–Kier alpha value is -1.81. The lowest BCUT2D eigenvalue weighted by molar-refractivity contribution is -0.155. The van der Waals surface area contributed by atoms with Gasteiger partial charge in [0.2, 0.25) is 11.8 Å². The number of Topliss-reactive ketones (excluding diaryl/α,β-unsaturated/α-hetero) is 2. The summed E-state index contributed by atoms with van der Waals surface area (Å²) in [4.78, 5) is 64.3. The number of nitrogens with one attached hydrogen (secondary N) is 2. The van der Waals surface area contributed by atoms with Gasteiger partial charge in [0, 0.05) is 36.2 Å². The van der Waals surface area contributed by atoms with Gasteiger partial charge in [-0.15, -0.1) is 6.58 Å². The first kappa shape index (κ1) is 33.2. The number of esters is 1. The van der Waals surface area contributed by atoms with E-state index in [0.717, 1.165) is 12.2 Å². The smallest absolute Gasteiger partial charge is 0.329 e. The number of fused-ring (bicyclic) bond motifs is 3. The summed E-state index contributed by atoms with van der Waals surface area (Å²) in [5.74, 6) is -1.96. The molecule has 2 aliphatic rings. The summed E-state index contributed by atoms with van der Waals surface area (Å²) in [6, 6.07) is -1.58. The summed E-state index contributed by atoms with van der Waals surface area (Å²) in [7, 11) is 0. The van der Waals surface area contributed by atoms with Crippen LogP contribution in [0, 0.1) is 23.7 Å². The zero-order valence-electron chi connectivity index (χ0n) is 23.0. The molecule has 37 heavy (non-hydrogen) atoms. The largest absolute Gasteiger partial charge is 0.461 e. The molecule has 2 amide bonds. The summed E-state index contributed by atoms with van der Waals surface area (Å²) in [5, 5.41) is 5.43. The maximum atomic E-state index is 13.0. The Bertz CT molecular complexity index is 832. The average molecular weight is 557 g/mol. The minimum absolute atomic E-state index is 0.0150. The van der Waals surface area contributed by atoms with Crippen molar-refractivity contribution in [2.24, 2.45) is 23.7 Å². The number of thioether (sulfide) groups is 1. The van der Waals surface area contributed by atoms with E-state index >= 15 is 0 Å². The van der Waals surface area contributed by atoms with Crippen LogP contribution in [0.2, 0.25) is 0 Å². The highest BCUT2D eigenvalue weighted by molar-refractivity contribution is 8.00. The van der Waals surface area contributed by atoms with Crippen molar-refractivity contribution in [3.8, 4) is 0 Å². The van der Waals surface area contributed by atoms with Crippen LogP contribution >= 0.6 is 24.4 Å². The molecule has 210 valence electrons. The second kappa shape index (κ2) is 16.2. The molecule has 2 heterocycles. The van der Waals surface area contributed by atoms with Gasteiger partial charge in [0.05, 0.1) is 12.0 Å². The standard InChI is InChI=1S/C23H36N2O6S.C4H8S/c1-11(2)16-8-15(26)7-13(5)31-23(30)20(12(3)4)25-22(29)17-9-19(27)18(24-21(16)28)10-32-14(17)6;1-2-3-4-5/h11-14,16-18,20H,7-10H2,1-6H3,(H,24,28)(H,25,29);2,5H,1,3-4H2/t13-,14?,16+,17?,18+,20-;/m0./s1. The highest BCUT2D eigenvalue weighted by atomic mass is 32.2. The summed E-state index contributed by atoms with van der Waals surface area (Å²) >= 11 is 5.38. The molecule has 2 rings (SSSR count). The second-order valence-electron chi connectivity index (χ2n) is 10.5. The van der Waals surface area contributed by atoms with Crippen molar-refractivity contribution in [2.45, 2.75) is 90.7 Å². The Kier molecular flexibility index (Phi) is 14.6. The monoisotopic (exact) mass is 556 g/mol. The Labute approximate surface area is 231 Å². The molecule has 2 unspecified atom stereocenters. The SMILES string of the molecule is C=CCCS.CC1SC[C@H]2NC(=O)[C@@H](C(C)C)CC(=O)C[C@H](C)OC(=O)[C@H](C(C)C)NC(=O)C1CC2=O. The zero-order chi connectivity index (χ0) is 28.3. The molecular weight excluding hydrogens is 512 g/mol. The van der Waals surface area contributed by atoms with Crippen molar-refractivity contribution in [3.63, 3.8) is 0 Å². The lowest BCUT2D eigenvalue weighted by Gasteiger charge is -2.27. The van der Waals surface area contributed by atoms with E-state index in [0.29, 0.717) is 5.75 Å². The van der Waals surface area contributed by atoms with Gasteiger partial charge in [-0.3, -0.25) is 19.2 Å². The van der Waals surface area contributed by atoms with E-state index in [9.17, 15) is 24.0 Å². The Morgan fingerprint density at radius 1 is 1.00 bits per heavy atom. The van der Waals surface area contributed by atoms with Gasteiger partial charge < -0.3 is 15.4 Å². The van der Waals surface area contributed by atoms with E-state index in [2.05, 4.69) is 29.8 Å². The van der Waals surface area contributed by atoms with Crippen LogP contribution < -0.4 is 10.6 Å². The molecule has 10 heteroatoms.